The molecule has 4 nitrogen and oxygen atoms in total. The highest BCUT2D eigenvalue weighted by Gasteiger charge is 2.17. The Labute approximate surface area is 70.6 Å². The van der Waals surface area contributed by atoms with Gasteiger partial charge >= 0.3 is 6.01 Å². The third-order valence-electron chi connectivity index (χ3n) is 1.70. The van der Waals surface area contributed by atoms with Gasteiger partial charge in [0.1, 0.15) is 6.10 Å². The molecule has 1 aliphatic rings. The molecule has 2 rings (SSSR count). The molecule has 0 amide bonds. The number of ether oxygens (including phenoxy) is 2. The quantitative estimate of drug-likeness (QED) is 0.646. The van der Waals surface area contributed by atoms with Crippen LogP contribution in [0.1, 0.15) is 6.42 Å². The predicted molar refractivity (Wildman–Crippen MR) is 41.9 cm³/mol. The maximum absolute atomic E-state index is 5.43. The number of aromatic nitrogens is 2. The summed E-state index contributed by atoms with van der Waals surface area (Å²) >= 11 is 0. The molecule has 1 aromatic heterocycles. The van der Waals surface area contributed by atoms with Crippen molar-refractivity contribution in [3.63, 3.8) is 0 Å². The summed E-state index contributed by atoms with van der Waals surface area (Å²) < 4.78 is 10.6. The monoisotopic (exact) mass is 166 g/mol. The van der Waals surface area contributed by atoms with Gasteiger partial charge in [-0.2, -0.15) is 0 Å². The van der Waals surface area contributed by atoms with E-state index in [1.807, 2.05) is 0 Å². The second kappa shape index (κ2) is 3.49. The summed E-state index contributed by atoms with van der Waals surface area (Å²) in [6.07, 6.45) is 4.39. The van der Waals surface area contributed by atoms with Gasteiger partial charge in [-0.15, -0.1) is 0 Å². The molecular formula is C8H10N2O2. The summed E-state index contributed by atoms with van der Waals surface area (Å²) in [5, 5.41) is 0. The fraction of sp³-hybridized carbons (Fsp3) is 0.500. The molecule has 0 N–H and O–H groups in total. The van der Waals surface area contributed by atoms with Crippen LogP contribution >= 0.6 is 0 Å². The molecule has 1 aromatic rings. The average molecular weight is 166 g/mol. The first-order valence-corrected chi connectivity index (χ1v) is 3.96. The van der Waals surface area contributed by atoms with Crippen LogP contribution in [0.15, 0.2) is 18.5 Å². The molecule has 1 atom stereocenters. The number of hydrogen-bond donors (Lipinski definition) is 0. The number of nitrogens with zero attached hydrogens (tertiary/aromatic N) is 2. The molecule has 4 heteroatoms. The molecule has 0 unspecified atom stereocenters. The fourth-order valence-corrected chi connectivity index (χ4v) is 1.10. The van der Waals surface area contributed by atoms with E-state index in [1.54, 1.807) is 18.5 Å². The van der Waals surface area contributed by atoms with Crippen LogP contribution in [-0.4, -0.2) is 29.3 Å². The molecule has 2 heterocycles. The number of hydrogen-bond acceptors (Lipinski definition) is 4. The Morgan fingerprint density at radius 1 is 1.42 bits per heavy atom. The Morgan fingerprint density at radius 2 is 2.25 bits per heavy atom. The lowest BCUT2D eigenvalue weighted by molar-refractivity contribution is 0.134. The van der Waals surface area contributed by atoms with Crippen LogP contribution in [0, 0.1) is 0 Å². The summed E-state index contributed by atoms with van der Waals surface area (Å²) in [7, 11) is 0. The average Bonchev–Trinajstić information content (AvgIpc) is 2.59. The maximum Gasteiger partial charge on any atom is 0.316 e. The third kappa shape index (κ3) is 1.71. The predicted octanol–water partition coefficient (Wildman–Crippen LogP) is 0.644. The van der Waals surface area contributed by atoms with Gasteiger partial charge < -0.3 is 9.47 Å². The van der Waals surface area contributed by atoms with E-state index in [-0.39, 0.29) is 6.10 Å². The van der Waals surface area contributed by atoms with Crippen molar-refractivity contribution >= 4 is 0 Å². The van der Waals surface area contributed by atoms with Gasteiger partial charge in [-0.1, -0.05) is 0 Å². The molecule has 1 fully saturated rings. The molecule has 0 aliphatic carbocycles. The standard InChI is InChI=1S/C8H10N2O2/c1-3-9-8(10-4-1)12-7-2-5-11-6-7/h1,3-4,7H,2,5-6H2/t7-/m0/s1. The molecular weight excluding hydrogens is 156 g/mol. The van der Waals surface area contributed by atoms with Gasteiger partial charge in [0.2, 0.25) is 0 Å². The Bertz CT molecular complexity index is 234. The van der Waals surface area contributed by atoms with E-state index in [0.717, 1.165) is 13.0 Å². The second-order valence-electron chi connectivity index (χ2n) is 2.63. The zero-order valence-corrected chi connectivity index (χ0v) is 6.64. The Balaban J connectivity index is 1.94. The maximum atomic E-state index is 5.43. The SMILES string of the molecule is c1cnc(O[C@H]2CCOC2)nc1. The minimum Gasteiger partial charge on any atom is -0.458 e. The van der Waals surface area contributed by atoms with Gasteiger partial charge in [0.05, 0.1) is 13.2 Å². The zero-order valence-electron chi connectivity index (χ0n) is 6.64. The van der Waals surface area contributed by atoms with E-state index in [4.69, 9.17) is 9.47 Å². The molecule has 64 valence electrons. The van der Waals surface area contributed by atoms with Crippen LogP contribution < -0.4 is 4.74 Å². The van der Waals surface area contributed by atoms with Crippen molar-refractivity contribution in [1.29, 1.82) is 0 Å². The minimum atomic E-state index is 0.132. The second-order valence-corrected chi connectivity index (χ2v) is 2.63. The van der Waals surface area contributed by atoms with E-state index in [2.05, 4.69) is 9.97 Å². The third-order valence-corrected chi connectivity index (χ3v) is 1.70. The van der Waals surface area contributed by atoms with Gasteiger partial charge in [0, 0.05) is 18.8 Å². The first kappa shape index (κ1) is 7.49. The molecule has 1 aliphatic heterocycles. The van der Waals surface area contributed by atoms with Crippen LogP contribution in [0.3, 0.4) is 0 Å². The Morgan fingerprint density at radius 3 is 2.92 bits per heavy atom. The molecule has 0 saturated carbocycles. The zero-order chi connectivity index (χ0) is 8.23. The van der Waals surface area contributed by atoms with Crippen molar-refractivity contribution in [2.75, 3.05) is 13.2 Å². The summed E-state index contributed by atoms with van der Waals surface area (Å²) in [6.45, 7) is 1.43. The molecule has 12 heavy (non-hydrogen) atoms. The van der Waals surface area contributed by atoms with Crippen molar-refractivity contribution in [3.05, 3.63) is 18.5 Å². The fourth-order valence-electron chi connectivity index (χ4n) is 1.10. The summed E-state index contributed by atoms with van der Waals surface area (Å²) in [6, 6.07) is 2.20. The van der Waals surface area contributed by atoms with Gasteiger partial charge in [-0.25, -0.2) is 9.97 Å². The van der Waals surface area contributed by atoms with Crippen LogP contribution in [0.4, 0.5) is 0 Å². The van der Waals surface area contributed by atoms with Gasteiger partial charge in [-0.05, 0) is 6.07 Å². The molecule has 0 aromatic carbocycles. The van der Waals surface area contributed by atoms with E-state index in [9.17, 15) is 0 Å². The molecule has 1 saturated heterocycles. The topological polar surface area (TPSA) is 44.2 Å². The van der Waals surface area contributed by atoms with Crippen molar-refractivity contribution in [2.45, 2.75) is 12.5 Å². The summed E-state index contributed by atoms with van der Waals surface area (Å²) in [5.41, 5.74) is 0. The lowest BCUT2D eigenvalue weighted by Crippen LogP contribution is -2.16. The highest BCUT2D eigenvalue weighted by Crippen LogP contribution is 2.10. The van der Waals surface area contributed by atoms with Crippen molar-refractivity contribution in [2.24, 2.45) is 0 Å². The minimum absolute atomic E-state index is 0.132. The van der Waals surface area contributed by atoms with Crippen molar-refractivity contribution in [1.82, 2.24) is 9.97 Å². The van der Waals surface area contributed by atoms with Crippen LogP contribution in [-0.2, 0) is 4.74 Å². The lowest BCUT2D eigenvalue weighted by atomic mass is 10.3. The van der Waals surface area contributed by atoms with Gasteiger partial charge in [-0.3, -0.25) is 0 Å². The highest BCUT2D eigenvalue weighted by molar-refractivity contribution is 4.94. The highest BCUT2D eigenvalue weighted by atomic mass is 16.6. The van der Waals surface area contributed by atoms with Crippen molar-refractivity contribution in [3.8, 4) is 6.01 Å². The molecule has 0 bridgehead atoms. The van der Waals surface area contributed by atoms with Crippen LogP contribution in [0.5, 0.6) is 6.01 Å². The van der Waals surface area contributed by atoms with E-state index >= 15 is 0 Å². The van der Waals surface area contributed by atoms with Gasteiger partial charge in [0.25, 0.3) is 0 Å². The van der Waals surface area contributed by atoms with Crippen molar-refractivity contribution < 1.29 is 9.47 Å². The first-order valence-electron chi connectivity index (χ1n) is 3.96. The van der Waals surface area contributed by atoms with Gasteiger partial charge in [0.15, 0.2) is 0 Å². The Hall–Kier alpha value is -1.16. The van der Waals surface area contributed by atoms with E-state index in [0.29, 0.717) is 12.6 Å². The normalized spacial score (nSPS) is 22.5. The lowest BCUT2D eigenvalue weighted by Gasteiger charge is -2.08. The number of rotatable bonds is 2. The summed E-state index contributed by atoms with van der Waals surface area (Å²) in [5.74, 6) is 0. The largest absolute Gasteiger partial charge is 0.458 e. The molecule has 0 spiro atoms. The van der Waals surface area contributed by atoms with Crippen LogP contribution in [0.2, 0.25) is 0 Å². The van der Waals surface area contributed by atoms with Crippen LogP contribution in [0.25, 0.3) is 0 Å². The first-order chi connectivity index (χ1) is 5.95. The van der Waals surface area contributed by atoms with E-state index in [1.165, 1.54) is 0 Å². The Kier molecular flexibility index (Phi) is 2.18. The summed E-state index contributed by atoms with van der Waals surface area (Å²) in [4.78, 5) is 7.91. The molecule has 0 radical (unpaired) electrons. The van der Waals surface area contributed by atoms with E-state index < -0.39 is 0 Å². The smallest absolute Gasteiger partial charge is 0.316 e.